The third-order valence-corrected chi connectivity index (χ3v) is 4.30. The van der Waals surface area contributed by atoms with Gasteiger partial charge >= 0.3 is 0 Å². The van der Waals surface area contributed by atoms with Gasteiger partial charge in [-0.15, -0.1) is 0 Å². The summed E-state index contributed by atoms with van der Waals surface area (Å²) in [6, 6.07) is 12.5. The van der Waals surface area contributed by atoms with E-state index in [4.69, 9.17) is 9.47 Å². The molecule has 2 aromatic carbocycles. The molecular weight excluding hydrogens is 340 g/mol. The van der Waals surface area contributed by atoms with Crippen LogP contribution >= 0.6 is 0 Å². The lowest BCUT2D eigenvalue weighted by Crippen LogP contribution is -2.32. The molecule has 142 valence electrons. The van der Waals surface area contributed by atoms with Crippen molar-refractivity contribution in [2.75, 3.05) is 32.2 Å². The van der Waals surface area contributed by atoms with Crippen molar-refractivity contribution in [1.82, 2.24) is 15.3 Å². The second-order valence-electron chi connectivity index (χ2n) is 6.56. The number of hydrogen-bond acceptors (Lipinski definition) is 6. The summed E-state index contributed by atoms with van der Waals surface area (Å²) >= 11 is 0. The van der Waals surface area contributed by atoms with E-state index < -0.39 is 0 Å². The standard InChI is InChI=1S/C21H26N4O2/c1-15(2)22-9-10-25(17-11-18(26-3)14-19(12-17)27-4)16-5-6-20-21(13-16)24-8-7-23-20/h5-8,11-15,22H,9-10H2,1-4H3. The van der Waals surface area contributed by atoms with Crippen LogP contribution in [0.1, 0.15) is 13.8 Å². The number of ether oxygens (including phenoxy) is 2. The predicted molar refractivity (Wildman–Crippen MR) is 109 cm³/mol. The van der Waals surface area contributed by atoms with Crippen LogP contribution < -0.4 is 19.7 Å². The molecule has 1 heterocycles. The van der Waals surface area contributed by atoms with E-state index in [1.165, 1.54) is 0 Å². The van der Waals surface area contributed by atoms with Crippen LogP contribution in [-0.2, 0) is 0 Å². The summed E-state index contributed by atoms with van der Waals surface area (Å²) in [5.41, 5.74) is 3.79. The lowest BCUT2D eigenvalue weighted by Gasteiger charge is -2.27. The van der Waals surface area contributed by atoms with Gasteiger partial charge in [0.15, 0.2) is 0 Å². The molecule has 3 rings (SSSR count). The monoisotopic (exact) mass is 366 g/mol. The van der Waals surface area contributed by atoms with E-state index >= 15 is 0 Å². The molecule has 0 atom stereocenters. The van der Waals surface area contributed by atoms with Crippen molar-refractivity contribution in [2.45, 2.75) is 19.9 Å². The second kappa shape index (κ2) is 8.68. The second-order valence-corrected chi connectivity index (χ2v) is 6.56. The molecule has 0 unspecified atom stereocenters. The van der Waals surface area contributed by atoms with Crippen LogP contribution in [0, 0.1) is 0 Å². The molecule has 0 spiro atoms. The van der Waals surface area contributed by atoms with Crippen molar-refractivity contribution in [3.8, 4) is 11.5 Å². The van der Waals surface area contributed by atoms with E-state index in [0.29, 0.717) is 6.04 Å². The van der Waals surface area contributed by atoms with Gasteiger partial charge in [-0.1, -0.05) is 13.8 Å². The van der Waals surface area contributed by atoms with Crippen LogP contribution in [-0.4, -0.2) is 43.3 Å². The zero-order valence-electron chi connectivity index (χ0n) is 16.3. The molecule has 0 bridgehead atoms. The quantitative estimate of drug-likeness (QED) is 0.655. The Morgan fingerprint density at radius 2 is 1.56 bits per heavy atom. The van der Waals surface area contributed by atoms with Gasteiger partial charge in [-0.05, 0) is 18.2 Å². The number of hydrogen-bond donors (Lipinski definition) is 1. The fourth-order valence-corrected chi connectivity index (χ4v) is 2.94. The van der Waals surface area contributed by atoms with Crippen LogP contribution in [0.4, 0.5) is 11.4 Å². The number of rotatable bonds is 8. The average molecular weight is 366 g/mol. The highest BCUT2D eigenvalue weighted by molar-refractivity contribution is 5.80. The van der Waals surface area contributed by atoms with E-state index in [-0.39, 0.29) is 0 Å². The Morgan fingerprint density at radius 3 is 2.19 bits per heavy atom. The number of benzene rings is 2. The minimum atomic E-state index is 0.425. The lowest BCUT2D eigenvalue weighted by molar-refractivity contribution is 0.394. The largest absolute Gasteiger partial charge is 0.497 e. The molecule has 0 radical (unpaired) electrons. The highest BCUT2D eigenvalue weighted by Gasteiger charge is 2.13. The molecule has 0 aliphatic rings. The molecular formula is C21H26N4O2. The summed E-state index contributed by atoms with van der Waals surface area (Å²) in [6.07, 6.45) is 3.42. The van der Waals surface area contributed by atoms with Crippen LogP contribution in [0.15, 0.2) is 48.8 Å². The van der Waals surface area contributed by atoms with Crippen molar-refractivity contribution in [1.29, 1.82) is 0 Å². The number of methoxy groups -OCH3 is 2. The Bertz CT molecular complexity index is 876. The van der Waals surface area contributed by atoms with Gasteiger partial charge < -0.3 is 19.7 Å². The molecule has 1 aromatic heterocycles. The molecule has 0 saturated heterocycles. The fraction of sp³-hybridized carbons (Fsp3) is 0.333. The van der Waals surface area contributed by atoms with E-state index in [1.54, 1.807) is 26.6 Å². The molecule has 0 aliphatic heterocycles. The first-order chi connectivity index (χ1) is 13.1. The number of nitrogens with zero attached hydrogens (tertiary/aromatic N) is 3. The molecule has 3 aromatic rings. The van der Waals surface area contributed by atoms with Crippen LogP contribution in [0.2, 0.25) is 0 Å². The fourth-order valence-electron chi connectivity index (χ4n) is 2.94. The van der Waals surface area contributed by atoms with Crippen LogP contribution in [0.25, 0.3) is 11.0 Å². The summed E-state index contributed by atoms with van der Waals surface area (Å²) in [5.74, 6) is 1.51. The molecule has 27 heavy (non-hydrogen) atoms. The minimum Gasteiger partial charge on any atom is -0.497 e. The highest BCUT2D eigenvalue weighted by Crippen LogP contribution is 2.33. The number of fused-ring (bicyclic) bond motifs is 1. The van der Waals surface area contributed by atoms with Crippen molar-refractivity contribution < 1.29 is 9.47 Å². The topological polar surface area (TPSA) is 59.5 Å². The van der Waals surface area contributed by atoms with Gasteiger partial charge in [0.1, 0.15) is 11.5 Å². The molecule has 0 amide bonds. The summed E-state index contributed by atoms with van der Waals surface area (Å²) in [7, 11) is 3.32. The third kappa shape index (κ3) is 4.65. The van der Waals surface area contributed by atoms with Gasteiger partial charge in [0, 0.05) is 61.1 Å². The van der Waals surface area contributed by atoms with Crippen LogP contribution in [0.5, 0.6) is 11.5 Å². The Hall–Kier alpha value is -2.86. The summed E-state index contributed by atoms with van der Waals surface area (Å²) < 4.78 is 10.9. The maximum Gasteiger partial charge on any atom is 0.124 e. The molecule has 6 heteroatoms. The maximum atomic E-state index is 5.45. The van der Waals surface area contributed by atoms with Crippen molar-refractivity contribution >= 4 is 22.4 Å². The van der Waals surface area contributed by atoms with Gasteiger partial charge in [0.2, 0.25) is 0 Å². The molecule has 0 fully saturated rings. The van der Waals surface area contributed by atoms with Gasteiger partial charge in [-0.2, -0.15) is 0 Å². The summed E-state index contributed by atoms with van der Waals surface area (Å²) in [4.78, 5) is 11.0. The predicted octanol–water partition coefficient (Wildman–Crippen LogP) is 3.78. The Balaban J connectivity index is 2.01. The number of aromatic nitrogens is 2. The summed E-state index contributed by atoms with van der Waals surface area (Å²) in [5, 5.41) is 3.48. The van der Waals surface area contributed by atoms with E-state index in [9.17, 15) is 0 Å². The Morgan fingerprint density at radius 1 is 0.889 bits per heavy atom. The lowest BCUT2D eigenvalue weighted by atomic mass is 10.2. The first-order valence-electron chi connectivity index (χ1n) is 9.05. The zero-order valence-corrected chi connectivity index (χ0v) is 16.3. The van der Waals surface area contributed by atoms with Crippen molar-refractivity contribution in [3.63, 3.8) is 0 Å². The van der Waals surface area contributed by atoms with Gasteiger partial charge in [0.05, 0.1) is 25.3 Å². The first kappa shape index (κ1) is 18.9. The maximum absolute atomic E-state index is 5.45. The van der Waals surface area contributed by atoms with Crippen LogP contribution in [0.3, 0.4) is 0 Å². The third-order valence-electron chi connectivity index (χ3n) is 4.30. The van der Waals surface area contributed by atoms with E-state index in [2.05, 4.69) is 46.2 Å². The van der Waals surface area contributed by atoms with Gasteiger partial charge in [-0.25, -0.2) is 0 Å². The van der Waals surface area contributed by atoms with Crippen molar-refractivity contribution in [3.05, 3.63) is 48.8 Å². The average Bonchev–Trinajstić information content (AvgIpc) is 2.70. The Labute approximate surface area is 160 Å². The van der Waals surface area contributed by atoms with E-state index in [0.717, 1.165) is 47.0 Å². The first-order valence-corrected chi connectivity index (χ1v) is 9.05. The van der Waals surface area contributed by atoms with Gasteiger partial charge in [-0.3, -0.25) is 9.97 Å². The molecule has 1 N–H and O–H groups in total. The number of anilines is 2. The molecule has 0 aliphatic carbocycles. The normalized spacial score (nSPS) is 11.0. The molecule has 6 nitrogen and oxygen atoms in total. The molecule has 0 saturated carbocycles. The number of nitrogens with one attached hydrogen (secondary N) is 1. The highest BCUT2D eigenvalue weighted by atomic mass is 16.5. The van der Waals surface area contributed by atoms with Crippen molar-refractivity contribution in [2.24, 2.45) is 0 Å². The Kier molecular flexibility index (Phi) is 6.08. The minimum absolute atomic E-state index is 0.425. The SMILES string of the molecule is COc1cc(OC)cc(N(CCNC(C)C)c2ccc3nccnc3c2)c1. The summed E-state index contributed by atoms with van der Waals surface area (Å²) in [6.45, 7) is 5.92. The van der Waals surface area contributed by atoms with E-state index in [1.807, 2.05) is 24.3 Å². The van der Waals surface area contributed by atoms with Gasteiger partial charge in [0.25, 0.3) is 0 Å². The smallest absolute Gasteiger partial charge is 0.124 e. The zero-order chi connectivity index (χ0) is 19.2.